The fraction of sp³-hybridized carbons (Fsp3) is 0.300. The van der Waals surface area contributed by atoms with Gasteiger partial charge in [-0.3, -0.25) is 9.59 Å². The number of halogens is 1. The smallest absolute Gasteiger partial charge is 0.325 e. The van der Waals surface area contributed by atoms with Gasteiger partial charge in [-0.2, -0.15) is 4.39 Å². The monoisotopic (exact) mass is 401 g/mol. The molecule has 0 saturated heterocycles. The zero-order valence-corrected chi connectivity index (χ0v) is 16.6. The summed E-state index contributed by atoms with van der Waals surface area (Å²) in [4.78, 5) is 31.9. The third-order valence-corrected chi connectivity index (χ3v) is 4.67. The number of carbonyl (C=O) groups is 2. The van der Waals surface area contributed by atoms with Crippen LogP contribution in [0.4, 0.5) is 4.39 Å². The summed E-state index contributed by atoms with van der Waals surface area (Å²) in [5.74, 6) is -1.31. The predicted molar refractivity (Wildman–Crippen MR) is 105 cm³/mol. The van der Waals surface area contributed by atoms with E-state index in [4.69, 9.17) is 4.74 Å². The summed E-state index contributed by atoms with van der Waals surface area (Å²) in [6.07, 6.45) is 1.55. The van der Waals surface area contributed by atoms with Crippen LogP contribution in [-0.2, 0) is 20.7 Å². The highest BCUT2D eigenvalue weighted by atomic mass is 32.1. The van der Waals surface area contributed by atoms with E-state index in [0.717, 1.165) is 21.3 Å². The first-order valence-electron chi connectivity index (χ1n) is 8.69. The second kappa shape index (κ2) is 8.02. The molecule has 0 aliphatic heterocycles. The molecule has 2 heterocycles. The Balaban J connectivity index is 1.65. The second-order valence-corrected chi connectivity index (χ2v) is 8.31. The highest BCUT2D eigenvalue weighted by molar-refractivity contribution is 7.18. The van der Waals surface area contributed by atoms with Crippen molar-refractivity contribution in [2.75, 3.05) is 6.54 Å². The lowest BCUT2D eigenvalue weighted by molar-refractivity contribution is -0.154. The van der Waals surface area contributed by atoms with Gasteiger partial charge in [0.15, 0.2) is 0 Å². The number of fused-ring (bicyclic) bond motifs is 1. The number of rotatable bonds is 5. The molecule has 0 aliphatic rings. The standard InChI is InChI=1S/C20H20FN3O3S/c1-20(2,3)27-19(26)11-23-17(25)9-18-24-14-6-4-12(8-15(14)28-18)13-5-7-16(21)22-10-13/h4-8,10H,9,11H2,1-3H3,(H,23,25). The number of hydrogen-bond acceptors (Lipinski definition) is 6. The lowest BCUT2D eigenvalue weighted by atomic mass is 10.1. The van der Waals surface area contributed by atoms with Gasteiger partial charge in [0.2, 0.25) is 11.9 Å². The molecule has 3 aromatic rings. The molecular weight excluding hydrogens is 381 g/mol. The van der Waals surface area contributed by atoms with Crippen LogP contribution < -0.4 is 5.32 Å². The summed E-state index contributed by atoms with van der Waals surface area (Å²) < 4.78 is 19.1. The topological polar surface area (TPSA) is 81.2 Å². The molecule has 0 bridgehead atoms. The van der Waals surface area contributed by atoms with E-state index in [1.54, 1.807) is 26.8 Å². The number of hydrogen-bond donors (Lipinski definition) is 1. The van der Waals surface area contributed by atoms with Crippen molar-refractivity contribution < 1.29 is 18.7 Å². The highest BCUT2D eigenvalue weighted by Gasteiger charge is 2.17. The van der Waals surface area contributed by atoms with Crippen molar-refractivity contribution in [2.45, 2.75) is 32.8 Å². The third-order valence-electron chi connectivity index (χ3n) is 3.66. The van der Waals surface area contributed by atoms with Crippen LogP contribution in [0, 0.1) is 5.95 Å². The van der Waals surface area contributed by atoms with Crippen LogP contribution in [0.5, 0.6) is 0 Å². The van der Waals surface area contributed by atoms with Crippen LogP contribution in [0.25, 0.3) is 21.3 Å². The maximum absolute atomic E-state index is 13.0. The van der Waals surface area contributed by atoms with Gasteiger partial charge in [0, 0.05) is 11.8 Å². The predicted octanol–water partition coefficient (Wildman–Crippen LogP) is 3.50. The van der Waals surface area contributed by atoms with Gasteiger partial charge in [-0.05, 0) is 50.6 Å². The Morgan fingerprint density at radius 1 is 1.18 bits per heavy atom. The van der Waals surface area contributed by atoms with E-state index in [1.807, 2.05) is 18.2 Å². The molecule has 0 spiro atoms. The number of nitrogens with zero attached hydrogens (tertiary/aromatic N) is 2. The molecule has 6 nitrogen and oxygen atoms in total. The number of nitrogens with one attached hydrogen (secondary N) is 1. The summed E-state index contributed by atoms with van der Waals surface area (Å²) in [7, 11) is 0. The largest absolute Gasteiger partial charge is 0.459 e. The van der Waals surface area contributed by atoms with Crippen molar-refractivity contribution in [2.24, 2.45) is 0 Å². The van der Waals surface area contributed by atoms with Crippen molar-refractivity contribution in [3.8, 4) is 11.1 Å². The Kier molecular flexibility index (Phi) is 5.69. The van der Waals surface area contributed by atoms with E-state index in [2.05, 4.69) is 15.3 Å². The summed E-state index contributed by atoms with van der Waals surface area (Å²) in [5.41, 5.74) is 1.88. The first-order chi connectivity index (χ1) is 13.2. The first-order valence-corrected chi connectivity index (χ1v) is 9.51. The molecule has 8 heteroatoms. The minimum atomic E-state index is -0.591. The van der Waals surface area contributed by atoms with Gasteiger partial charge >= 0.3 is 5.97 Å². The molecule has 1 amide bonds. The molecule has 1 aromatic carbocycles. The number of carbonyl (C=O) groups excluding carboxylic acids is 2. The Morgan fingerprint density at radius 3 is 2.61 bits per heavy atom. The molecule has 3 rings (SSSR count). The molecule has 0 radical (unpaired) electrons. The number of benzene rings is 1. The summed E-state index contributed by atoms with van der Waals surface area (Å²) in [6, 6.07) is 8.64. The lowest BCUT2D eigenvalue weighted by Crippen LogP contribution is -2.35. The zero-order valence-electron chi connectivity index (χ0n) is 15.8. The van der Waals surface area contributed by atoms with Crippen molar-refractivity contribution >= 4 is 33.4 Å². The van der Waals surface area contributed by atoms with E-state index in [1.165, 1.54) is 23.6 Å². The lowest BCUT2D eigenvalue weighted by Gasteiger charge is -2.19. The van der Waals surface area contributed by atoms with Crippen LogP contribution in [0.1, 0.15) is 25.8 Å². The van der Waals surface area contributed by atoms with E-state index in [9.17, 15) is 14.0 Å². The van der Waals surface area contributed by atoms with Crippen LogP contribution in [0.3, 0.4) is 0 Å². The molecule has 146 valence electrons. The molecule has 28 heavy (non-hydrogen) atoms. The average molecular weight is 401 g/mol. The minimum Gasteiger partial charge on any atom is -0.459 e. The van der Waals surface area contributed by atoms with Crippen LogP contribution >= 0.6 is 11.3 Å². The van der Waals surface area contributed by atoms with E-state index >= 15 is 0 Å². The summed E-state index contributed by atoms with van der Waals surface area (Å²) in [6.45, 7) is 5.13. The SMILES string of the molecule is CC(C)(C)OC(=O)CNC(=O)Cc1nc2ccc(-c3ccc(F)nc3)cc2s1. The number of pyridine rings is 1. The maximum atomic E-state index is 13.0. The number of aromatic nitrogens is 2. The molecule has 0 fully saturated rings. The Bertz CT molecular complexity index is 1010. The molecule has 0 unspecified atom stereocenters. The normalized spacial score (nSPS) is 11.4. The van der Waals surface area contributed by atoms with E-state index in [0.29, 0.717) is 5.01 Å². The van der Waals surface area contributed by atoms with Crippen LogP contribution in [0.15, 0.2) is 36.5 Å². The summed E-state index contributed by atoms with van der Waals surface area (Å²) >= 11 is 1.40. The van der Waals surface area contributed by atoms with Crippen LogP contribution in [0.2, 0.25) is 0 Å². The quantitative estimate of drug-likeness (QED) is 0.523. The Hall–Kier alpha value is -2.87. The van der Waals surface area contributed by atoms with Gasteiger partial charge in [-0.15, -0.1) is 11.3 Å². The van der Waals surface area contributed by atoms with Gasteiger partial charge in [-0.25, -0.2) is 9.97 Å². The number of esters is 1. The van der Waals surface area contributed by atoms with E-state index < -0.39 is 17.5 Å². The fourth-order valence-corrected chi connectivity index (χ4v) is 3.53. The van der Waals surface area contributed by atoms with Gasteiger partial charge in [0.1, 0.15) is 17.2 Å². The number of amides is 1. The molecule has 0 aliphatic carbocycles. The fourth-order valence-electron chi connectivity index (χ4n) is 2.52. The van der Waals surface area contributed by atoms with Crippen LogP contribution in [-0.4, -0.2) is 34.0 Å². The molecule has 0 atom stereocenters. The molecule has 1 N–H and O–H groups in total. The summed E-state index contributed by atoms with van der Waals surface area (Å²) in [5, 5.41) is 3.19. The first kappa shape index (κ1) is 19.9. The van der Waals surface area contributed by atoms with E-state index in [-0.39, 0.29) is 18.9 Å². The Morgan fingerprint density at radius 2 is 1.93 bits per heavy atom. The zero-order chi connectivity index (χ0) is 20.3. The second-order valence-electron chi connectivity index (χ2n) is 7.20. The third kappa shape index (κ3) is 5.32. The highest BCUT2D eigenvalue weighted by Crippen LogP contribution is 2.28. The van der Waals surface area contributed by atoms with Gasteiger partial charge in [0.25, 0.3) is 0 Å². The van der Waals surface area contributed by atoms with Crippen molar-refractivity contribution in [3.63, 3.8) is 0 Å². The average Bonchev–Trinajstić information content (AvgIpc) is 3.00. The Labute approximate surface area is 165 Å². The van der Waals surface area contributed by atoms with Gasteiger partial charge in [0.05, 0.1) is 16.6 Å². The minimum absolute atomic E-state index is 0.0790. The van der Waals surface area contributed by atoms with Crippen molar-refractivity contribution in [3.05, 3.63) is 47.5 Å². The number of thiazole rings is 1. The van der Waals surface area contributed by atoms with Gasteiger partial charge < -0.3 is 10.1 Å². The molecule has 0 saturated carbocycles. The maximum Gasteiger partial charge on any atom is 0.325 e. The van der Waals surface area contributed by atoms with Gasteiger partial charge in [-0.1, -0.05) is 6.07 Å². The van der Waals surface area contributed by atoms with Crippen molar-refractivity contribution in [1.82, 2.24) is 15.3 Å². The number of ether oxygens (including phenoxy) is 1. The van der Waals surface area contributed by atoms with Crippen molar-refractivity contribution in [1.29, 1.82) is 0 Å². The molecular formula is C20H20FN3O3S. The molecule has 2 aromatic heterocycles.